The highest BCUT2D eigenvalue weighted by atomic mass is 35.5. The second-order valence-electron chi connectivity index (χ2n) is 3.48. The summed E-state index contributed by atoms with van der Waals surface area (Å²) in [5.41, 5.74) is 1.06. The van der Waals surface area contributed by atoms with Crippen LogP contribution in [0.1, 0.15) is 10.4 Å². The molecule has 0 radical (unpaired) electrons. The van der Waals surface area contributed by atoms with Gasteiger partial charge in [0.05, 0.1) is 28.2 Å². The number of aromatic carboxylic acids is 1. The van der Waals surface area contributed by atoms with E-state index in [4.69, 9.17) is 28.3 Å². The second kappa shape index (κ2) is 5.25. The summed E-state index contributed by atoms with van der Waals surface area (Å²) in [6, 6.07) is 6.31. The Bertz CT molecular complexity index is 602. The van der Waals surface area contributed by atoms with Gasteiger partial charge in [0.25, 0.3) is 0 Å². The molecule has 92 valence electrons. The molecule has 2 N–H and O–H groups in total. The van der Waals surface area contributed by atoms with Crippen LogP contribution in [-0.4, -0.2) is 16.1 Å². The predicted molar refractivity (Wildman–Crippen MR) is 70.9 cm³/mol. The van der Waals surface area contributed by atoms with Crippen molar-refractivity contribution in [2.45, 2.75) is 0 Å². The van der Waals surface area contributed by atoms with E-state index in [1.165, 1.54) is 18.5 Å². The topological polar surface area (TPSA) is 62.2 Å². The Morgan fingerprint density at radius 3 is 2.67 bits per heavy atom. The average molecular weight is 283 g/mol. The zero-order chi connectivity index (χ0) is 13.1. The molecule has 2 aromatic rings. The first-order valence-electron chi connectivity index (χ1n) is 4.97. The van der Waals surface area contributed by atoms with Crippen molar-refractivity contribution in [3.8, 4) is 0 Å². The molecule has 0 fully saturated rings. The minimum atomic E-state index is -1.04. The number of pyridine rings is 1. The molecular formula is C12H8Cl2N2O2. The fourth-order valence-corrected chi connectivity index (χ4v) is 1.87. The van der Waals surface area contributed by atoms with E-state index in [0.29, 0.717) is 21.4 Å². The van der Waals surface area contributed by atoms with Gasteiger partial charge >= 0.3 is 5.97 Å². The van der Waals surface area contributed by atoms with Crippen molar-refractivity contribution in [1.29, 1.82) is 0 Å². The zero-order valence-electron chi connectivity index (χ0n) is 9.02. The SMILES string of the molecule is O=C(O)c1ccncc1Nc1ccc(Cl)cc1Cl. The van der Waals surface area contributed by atoms with Crippen LogP contribution in [0.2, 0.25) is 10.0 Å². The first-order valence-corrected chi connectivity index (χ1v) is 5.73. The average Bonchev–Trinajstić information content (AvgIpc) is 2.33. The van der Waals surface area contributed by atoms with Gasteiger partial charge in [-0.15, -0.1) is 0 Å². The Hall–Kier alpha value is -1.78. The third-order valence-corrected chi connectivity index (χ3v) is 2.80. The molecule has 0 unspecified atom stereocenters. The smallest absolute Gasteiger partial charge is 0.337 e. The molecule has 0 bridgehead atoms. The molecule has 1 aromatic heterocycles. The van der Waals surface area contributed by atoms with Gasteiger partial charge in [0.1, 0.15) is 0 Å². The van der Waals surface area contributed by atoms with E-state index in [-0.39, 0.29) is 5.56 Å². The molecule has 0 aliphatic rings. The third-order valence-electron chi connectivity index (χ3n) is 2.25. The van der Waals surface area contributed by atoms with Crippen molar-refractivity contribution < 1.29 is 9.90 Å². The van der Waals surface area contributed by atoms with Crippen LogP contribution >= 0.6 is 23.2 Å². The zero-order valence-corrected chi connectivity index (χ0v) is 10.5. The van der Waals surface area contributed by atoms with Crippen molar-refractivity contribution in [1.82, 2.24) is 4.98 Å². The largest absolute Gasteiger partial charge is 0.478 e. The van der Waals surface area contributed by atoms with Crippen molar-refractivity contribution >= 4 is 40.5 Å². The normalized spacial score (nSPS) is 10.1. The number of carboxylic acids is 1. The minimum absolute atomic E-state index is 0.121. The molecule has 1 heterocycles. The number of carbonyl (C=O) groups is 1. The maximum Gasteiger partial charge on any atom is 0.337 e. The van der Waals surface area contributed by atoms with Gasteiger partial charge in [-0.3, -0.25) is 4.98 Å². The summed E-state index contributed by atoms with van der Waals surface area (Å²) in [4.78, 5) is 14.9. The fourth-order valence-electron chi connectivity index (χ4n) is 1.42. The summed E-state index contributed by atoms with van der Waals surface area (Å²) in [5, 5.41) is 12.9. The van der Waals surface area contributed by atoms with E-state index < -0.39 is 5.97 Å². The van der Waals surface area contributed by atoms with Crippen molar-refractivity contribution in [2.24, 2.45) is 0 Å². The van der Waals surface area contributed by atoms with Gasteiger partial charge in [-0.05, 0) is 24.3 Å². The Morgan fingerprint density at radius 2 is 2.00 bits per heavy atom. The van der Waals surface area contributed by atoms with E-state index in [2.05, 4.69) is 10.3 Å². The van der Waals surface area contributed by atoms with Gasteiger partial charge in [-0.2, -0.15) is 0 Å². The number of carboxylic acid groups (broad SMARTS) is 1. The van der Waals surface area contributed by atoms with Crippen molar-refractivity contribution in [3.63, 3.8) is 0 Å². The number of nitrogens with one attached hydrogen (secondary N) is 1. The van der Waals surface area contributed by atoms with Gasteiger partial charge in [0.2, 0.25) is 0 Å². The summed E-state index contributed by atoms with van der Waals surface area (Å²) < 4.78 is 0. The Labute approximate surface area is 113 Å². The van der Waals surface area contributed by atoms with Crippen LogP contribution in [-0.2, 0) is 0 Å². The molecule has 0 spiro atoms. The Balaban J connectivity index is 2.37. The van der Waals surface area contributed by atoms with Gasteiger partial charge < -0.3 is 10.4 Å². The first-order chi connectivity index (χ1) is 8.58. The predicted octanol–water partition coefficient (Wildman–Crippen LogP) is 3.83. The minimum Gasteiger partial charge on any atom is -0.478 e. The highest BCUT2D eigenvalue weighted by Gasteiger charge is 2.11. The van der Waals surface area contributed by atoms with Crippen LogP contribution in [0.3, 0.4) is 0 Å². The number of rotatable bonds is 3. The Morgan fingerprint density at radius 1 is 1.22 bits per heavy atom. The van der Waals surface area contributed by atoms with Gasteiger partial charge in [-0.25, -0.2) is 4.79 Å². The molecule has 0 saturated heterocycles. The lowest BCUT2D eigenvalue weighted by Gasteiger charge is -2.10. The van der Waals surface area contributed by atoms with Crippen LogP contribution in [0.5, 0.6) is 0 Å². The van der Waals surface area contributed by atoms with E-state index in [1.54, 1.807) is 18.2 Å². The van der Waals surface area contributed by atoms with Crippen LogP contribution in [0.15, 0.2) is 36.7 Å². The summed E-state index contributed by atoms with van der Waals surface area (Å²) in [6.45, 7) is 0. The molecular weight excluding hydrogens is 275 g/mol. The quantitative estimate of drug-likeness (QED) is 0.898. The number of nitrogens with zero attached hydrogens (tertiary/aromatic N) is 1. The molecule has 6 heteroatoms. The lowest BCUT2D eigenvalue weighted by molar-refractivity contribution is 0.0698. The van der Waals surface area contributed by atoms with E-state index in [0.717, 1.165) is 0 Å². The molecule has 0 atom stereocenters. The summed E-state index contributed by atoms with van der Waals surface area (Å²) in [7, 11) is 0. The van der Waals surface area contributed by atoms with Crippen LogP contribution < -0.4 is 5.32 Å². The molecule has 0 saturated carbocycles. The molecule has 2 rings (SSSR count). The molecule has 0 aliphatic carbocycles. The van der Waals surface area contributed by atoms with E-state index in [9.17, 15) is 4.79 Å². The lowest BCUT2D eigenvalue weighted by atomic mass is 10.2. The van der Waals surface area contributed by atoms with Gasteiger partial charge in [-0.1, -0.05) is 23.2 Å². The van der Waals surface area contributed by atoms with Gasteiger partial charge in [0.15, 0.2) is 0 Å². The number of benzene rings is 1. The van der Waals surface area contributed by atoms with Gasteiger partial charge in [0, 0.05) is 11.2 Å². The number of hydrogen-bond acceptors (Lipinski definition) is 3. The van der Waals surface area contributed by atoms with Crippen LogP contribution in [0.4, 0.5) is 11.4 Å². The first kappa shape index (κ1) is 12.7. The number of aromatic nitrogens is 1. The Kier molecular flexibility index (Phi) is 3.69. The van der Waals surface area contributed by atoms with Crippen molar-refractivity contribution in [2.75, 3.05) is 5.32 Å². The number of anilines is 2. The molecule has 0 aliphatic heterocycles. The second-order valence-corrected chi connectivity index (χ2v) is 4.32. The highest BCUT2D eigenvalue weighted by Crippen LogP contribution is 2.29. The molecule has 1 aromatic carbocycles. The number of hydrogen-bond donors (Lipinski definition) is 2. The maximum absolute atomic E-state index is 11.0. The highest BCUT2D eigenvalue weighted by molar-refractivity contribution is 6.36. The summed E-state index contributed by atoms with van der Waals surface area (Å²) in [6.07, 6.45) is 2.84. The van der Waals surface area contributed by atoms with Crippen LogP contribution in [0.25, 0.3) is 0 Å². The lowest BCUT2D eigenvalue weighted by Crippen LogP contribution is -2.03. The number of halogens is 2. The summed E-state index contributed by atoms with van der Waals surface area (Å²) in [5.74, 6) is -1.04. The maximum atomic E-state index is 11.0. The molecule has 18 heavy (non-hydrogen) atoms. The van der Waals surface area contributed by atoms with E-state index in [1.807, 2.05) is 0 Å². The monoisotopic (exact) mass is 282 g/mol. The summed E-state index contributed by atoms with van der Waals surface area (Å²) >= 11 is 11.8. The van der Waals surface area contributed by atoms with Crippen molar-refractivity contribution in [3.05, 3.63) is 52.3 Å². The third kappa shape index (κ3) is 2.72. The van der Waals surface area contributed by atoms with E-state index >= 15 is 0 Å². The van der Waals surface area contributed by atoms with Crippen LogP contribution in [0, 0.1) is 0 Å². The molecule has 4 nitrogen and oxygen atoms in total. The fraction of sp³-hybridized carbons (Fsp3) is 0. The standard InChI is InChI=1S/C12H8Cl2N2O2/c13-7-1-2-10(9(14)5-7)16-11-6-15-4-3-8(11)12(17)18/h1-6,16H,(H,17,18). The molecule has 0 amide bonds.